The fraction of sp³-hybridized carbons (Fsp3) is 0.259. The van der Waals surface area contributed by atoms with Gasteiger partial charge in [-0.15, -0.1) is 0 Å². The second-order valence-corrected chi connectivity index (χ2v) is 11.1. The third-order valence-electron chi connectivity index (χ3n) is 5.62. The molecule has 1 N–H and O–H groups in total. The minimum absolute atomic E-state index is 0.155. The Bertz CT molecular complexity index is 1270. The van der Waals surface area contributed by atoms with Gasteiger partial charge in [-0.3, -0.25) is 13.9 Å². The quantitative estimate of drug-likeness (QED) is 0.377. The second-order valence-electron chi connectivity index (χ2n) is 8.33. The van der Waals surface area contributed by atoms with Crippen LogP contribution in [0.2, 0.25) is 0 Å². The van der Waals surface area contributed by atoms with E-state index in [0.717, 1.165) is 21.7 Å². The van der Waals surface area contributed by atoms with E-state index in [1.54, 1.807) is 24.3 Å². The van der Waals surface area contributed by atoms with E-state index in [0.29, 0.717) is 23.1 Å². The first kappa shape index (κ1) is 27.4. The van der Waals surface area contributed by atoms with Gasteiger partial charge in [0.1, 0.15) is 12.6 Å². The molecule has 2 amide bonds. The minimum atomic E-state index is -3.80. The molecule has 36 heavy (non-hydrogen) atoms. The summed E-state index contributed by atoms with van der Waals surface area (Å²) in [6, 6.07) is 24.8. The van der Waals surface area contributed by atoms with E-state index in [2.05, 4.69) is 21.2 Å². The summed E-state index contributed by atoms with van der Waals surface area (Å²) in [5, 5.41) is 2.84. The van der Waals surface area contributed by atoms with E-state index in [1.807, 2.05) is 67.6 Å². The van der Waals surface area contributed by atoms with Crippen molar-refractivity contribution in [3.63, 3.8) is 0 Å². The lowest BCUT2D eigenvalue weighted by Gasteiger charge is -2.33. The molecule has 1 unspecified atom stereocenters. The van der Waals surface area contributed by atoms with Crippen LogP contribution in [0.4, 0.5) is 5.69 Å². The van der Waals surface area contributed by atoms with E-state index in [1.165, 1.54) is 4.90 Å². The number of para-hydroxylation sites is 1. The minimum Gasteiger partial charge on any atom is -0.355 e. The first-order chi connectivity index (χ1) is 17.2. The highest BCUT2D eigenvalue weighted by Crippen LogP contribution is 2.28. The van der Waals surface area contributed by atoms with Gasteiger partial charge >= 0.3 is 0 Å². The average Bonchev–Trinajstić information content (AvgIpc) is 2.86. The number of sulfonamides is 1. The molecule has 0 bridgehead atoms. The van der Waals surface area contributed by atoms with Gasteiger partial charge in [-0.2, -0.15) is 0 Å². The first-order valence-electron chi connectivity index (χ1n) is 11.6. The predicted octanol–water partition coefficient (Wildman–Crippen LogP) is 3.99. The van der Waals surface area contributed by atoms with Gasteiger partial charge in [-0.1, -0.05) is 72.8 Å². The van der Waals surface area contributed by atoms with Crippen molar-refractivity contribution >= 4 is 43.5 Å². The molecule has 7 nitrogen and oxygen atoms in total. The molecule has 0 aliphatic carbocycles. The van der Waals surface area contributed by atoms with Crippen molar-refractivity contribution in [2.24, 2.45) is 0 Å². The first-order valence-corrected chi connectivity index (χ1v) is 14.2. The number of nitrogens with one attached hydrogen (secondary N) is 1. The van der Waals surface area contributed by atoms with Gasteiger partial charge in [-0.25, -0.2) is 8.42 Å². The number of amides is 2. The van der Waals surface area contributed by atoms with Crippen molar-refractivity contribution < 1.29 is 18.0 Å². The van der Waals surface area contributed by atoms with Gasteiger partial charge < -0.3 is 10.2 Å². The van der Waals surface area contributed by atoms with E-state index in [4.69, 9.17) is 0 Å². The summed E-state index contributed by atoms with van der Waals surface area (Å²) < 4.78 is 27.1. The summed E-state index contributed by atoms with van der Waals surface area (Å²) in [5.74, 6) is -0.773. The number of nitrogens with zero attached hydrogens (tertiary/aromatic N) is 2. The Morgan fingerprint density at radius 3 is 2.00 bits per heavy atom. The summed E-state index contributed by atoms with van der Waals surface area (Å²) in [7, 11) is -3.80. The van der Waals surface area contributed by atoms with E-state index in [9.17, 15) is 18.0 Å². The summed E-state index contributed by atoms with van der Waals surface area (Å²) in [5.41, 5.74) is 2.08. The number of hydrogen-bond donors (Lipinski definition) is 1. The number of anilines is 1. The maximum Gasteiger partial charge on any atom is 0.244 e. The van der Waals surface area contributed by atoms with Gasteiger partial charge in [0.2, 0.25) is 21.8 Å². The molecule has 3 rings (SSSR count). The lowest BCUT2D eigenvalue weighted by Crippen LogP contribution is -2.53. The highest BCUT2D eigenvalue weighted by Gasteiger charge is 2.33. The van der Waals surface area contributed by atoms with Crippen LogP contribution in [-0.2, 0) is 32.6 Å². The third kappa shape index (κ3) is 7.41. The number of hydrogen-bond acceptors (Lipinski definition) is 4. The third-order valence-corrected chi connectivity index (χ3v) is 7.42. The zero-order valence-electron chi connectivity index (χ0n) is 20.3. The van der Waals surface area contributed by atoms with Crippen LogP contribution >= 0.6 is 15.9 Å². The highest BCUT2D eigenvalue weighted by molar-refractivity contribution is 9.10. The predicted molar refractivity (Wildman–Crippen MR) is 146 cm³/mol. The van der Waals surface area contributed by atoms with Crippen molar-refractivity contribution in [1.29, 1.82) is 0 Å². The largest absolute Gasteiger partial charge is 0.355 e. The lowest BCUT2D eigenvalue weighted by molar-refractivity contribution is -0.140. The van der Waals surface area contributed by atoms with Crippen LogP contribution in [-0.4, -0.2) is 50.5 Å². The molecule has 0 fully saturated rings. The van der Waals surface area contributed by atoms with Crippen molar-refractivity contribution in [1.82, 2.24) is 10.2 Å². The SMILES string of the molecule is CCNC(=O)C(Cc1ccccc1)N(Cc1ccccc1)C(=O)CN(c1ccccc1Br)S(C)(=O)=O. The average molecular weight is 573 g/mol. The highest BCUT2D eigenvalue weighted by atomic mass is 79.9. The van der Waals surface area contributed by atoms with Crippen LogP contribution in [0.25, 0.3) is 0 Å². The molecular formula is C27H30BrN3O4S. The Morgan fingerprint density at radius 1 is 0.889 bits per heavy atom. The molecule has 3 aromatic carbocycles. The van der Waals surface area contributed by atoms with Gasteiger partial charge in [0.05, 0.1) is 11.9 Å². The van der Waals surface area contributed by atoms with E-state index >= 15 is 0 Å². The zero-order chi connectivity index (χ0) is 26.1. The second kappa shape index (κ2) is 12.7. The normalized spacial score (nSPS) is 12.0. The Balaban J connectivity index is 2.03. The Kier molecular flexibility index (Phi) is 9.66. The van der Waals surface area contributed by atoms with Gasteiger partial charge in [0, 0.05) is 24.0 Å². The standard InChI is InChI=1S/C27H30BrN3O4S/c1-3-29-27(33)25(18-21-12-6-4-7-13-21)30(19-22-14-8-5-9-15-22)26(32)20-31(36(2,34)35)24-17-11-10-16-23(24)28/h4-17,25H,3,18-20H2,1-2H3,(H,29,33). The molecule has 0 radical (unpaired) electrons. The molecule has 0 aromatic heterocycles. The number of carbonyl (C=O) groups is 2. The summed E-state index contributed by atoms with van der Waals surface area (Å²) in [6.45, 7) is 1.93. The summed E-state index contributed by atoms with van der Waals surface area (Å²) in [4.78, 5) is 28.6. The van der Waals surface area contributed by atoms with Gasteiger partial charge in [-0.05, 0) is 46.1 Å². The molecule has 190 valence electrons. The number of likely N-dealkylation sites (N-methyl/N-ethyl adjacent to an activating group) is 1. The molecule has 3 aromatic rings. The molecule has 0 saturated heterocycles. The van der Waals surface area contributed by atoms with Crippen LogP contribution in [0.3, 0.4) is 0 Å². The lowest BCUT2D eigenvalue weighted by atomic mass is 10.0. The smallest absolute Gasteiger partial charge is 0.244 e. The van der Waals surface area contributed by atoms with Crippen LogP contribution in [0.1, 0.15) is 18.1 Å². The molecule has 0 aliphatic rings. The number of benzene rings is 3. The monoisotopic (exact) mass is 571 g/mol. The maximum absolute atomic E-state index is 13.9. The van der Waals surface area contributed by atoms with Crippen LogP contribution in [0, 0.1) is 0 Å². The van der Waals surface area contributed by atoms with Crippen molar-refractivity contribution in [3.05, 3.63) is 101 Å². The molecule has 9 heteroatoms. The van der Waals surface area contributed by atoms with Crippen LogP contribution in [0.15, 0.2) is 89.4 Å². The molecule has 1 atom stereocenters. The summed E-state index contributed by atoms with van der Waals surface area (Å²) in [6.07, 6.45) is 1.35. The Morgan fingerprint density at radius 2 is 1.44 bits per heavy atom. The maximum atomic E-state index is 13.9. The number of rotatable bonds is 11. The van der Waals surface area contributed by atoms with Gasteiger partial charge in [0.25, 0.3) is 0 Å². The van der Waals surface area contributed by atoms with Crippen molar-refractivity contribution in [2.75, 3.05) is 23.7 Å². The number of halogens is 1. The van der Waals surface area contributed by atoms with E-state index in [-0.39, 0.29) is 12.5 Å². The zero-order valence-corrected chi connectivity index (χ0v) is 22.7. The van der Waals surface area contributed by atoms with Gasteiger partial charge in [0.15, 0.2) is 0 Å². The number of carbonyl (C=O) groups excluding carboxylic acids is 2. The fourth-order valence-electron chi connectivity index (χ4n) is 3.87. The summed E-state index contributed by atoms with van der Waals surface area (Å²) >= 11 is 3.39. The Labute approximate surface area is 221 Å². The van der Waals surface area contributed by atoms with Crippen LogP contribution in [0.5, 0.6) is 0 Å². The molecule has 0 aliphatic heterocycles. The molecule has 0 saturated carbocycles. The Hall–Kier alpha value is -3.17. The molecular weight excluding hydrogens is 542 g/mol. The topological polar surface area (TPSA) is 86.8 Å². The van der Waals surface area contributed by atoms with E-state index < -0.39 is 28.5 Å². The fourth-order valence-corrected chi connectivity index (χ4v) is 5.35. The van der Waals surface area contributed by atoms with Crippen molar-refractivity contribution in [3.8, 4) is 0 Å². The molecule has 0 spiro atoms. The van der Waals surface area contributed by atoms with Crippen molar-refractivity contribution in [2.45, 2.75) is 25.9 Å². The van der Waals surface area contributed by atoms with Crippen LogP contribution < -0.4 is 9.62 Å². The molecule has 0 heterocycles.